The lowest BCUT2D eigenvalue weighted by Crippen LogP contribution is -2.43. The van der Waals surface area contributed by atoms with E-state index in [-0.39, 0.29) is 5.75 Å². The Morgan fingerprint density at radius 1 is 1.26 bits per heavy atom. The molecule has 0 amide bonds. The van der Waals surface area contributed by atoms with Crippen LogP contribution in [0.3, 0.4) is 0 Å². The molecule has 2 atom stereocenters. The zero-order chi connectivity index (χ0) is 17.5. The molecule has 0 spiro atoms. The smallest absolute Gasteiger partial charge is 0.191 e. The molecular formula is C16H33N3O2S2. The Balaban J connectivity index is 2.55. The van der Waals surface area contributed by atoms with Crippen LogP contribution in [-0.4, -0.2) is 55.0 Å². The average molecular weight is 364 g/mol. The average Bonchev–Trinajstić information content (AvgIpc) is 2.85. The molecule has 1 rings (SSSR count). The molecule has 1 fully saturated rings. The summed E-state index contributed by atoms with van der Waals surface area (Å²) in [7, 11) is -3.12. The minimum atomic E-state index is -3.12. The largest absolute Gasteiger partial charge is 0.357 e. The van der Waals surface area contributed by atoms with Crippen LogP contribution in [0.15, 0.2) is 4.99 Å². The molecule has 1 aliphatic carbocycles. The summed E-state index contributed by atoms with van der Waals surface area (Å²) in [4.78, 5) is 4.46. The third-order valence-electron chi connectivity index (χ3n) is 4.03. The van der Waals surface area contributed by atoms with Crippen LogP contribution in [0.5, 0.6) is 0 Å². The molecule has 0 heterocycles. The van der Waals surface area contributed by atoms with Gasteiger partial charge in [-0.1, -0.05) is 6.92 Å². The maximum Gasteiger partial charge on any atom is 0.191 e. The van der Waals surface area contributed by atoms with Crippen molar-refractivity contribution < 1.29 is 8.42 Å². The van der Waals surface area contributed by atoms with E-state index in [0.29, 0.717) is 12.6 Å². The van der Waals surface area contributed by atoms with Gasteiger partial charge < -0.3 is 10.6 Å². The van der Waals surface area contributed by atoms with Gasteiger partial charge in [-0.25, -0.2) is 8.42 Å². The van der Waals surface area contributed by atoms with Crippen molar-refractivity contribution in [3.05, 3.63) is 0 Å². The molecule has 0 bridgehead atoms. The number of nitrogens with one attached hydrogen (secondary N) is 2. The molecule has 136 valence electrons. The van der Waals surface area contributed by atoms with Crippen LogP contribution >= 0.6 is 11.8 Å². The van der Waals surface area contributed by atoms with Crippen LogP contribution in [-0.2, 0) is 9.84 Å². The molecule has 0 radical (unpaired) electrons. The first kappa shape index (κ1) is 20.6. The van der Waals surface area contributed by atoms with Crippen molar-refractivity contribution >= 4 is 27.6 Å². The van der Waals surface area contributed by atoms with E-state index in [2.05, 4.69) is 22.5 Å². The molecule has 0 aromatic carbocycles. The summed E-state index contributed by atoms with van der Waals surface area (Å²) < 4.78 is 23.6. The zero-order valence-corrected chi connectivity index (χ0v) is 16.8. The Bertz CT molecular complexity index is 484. The van der Waals surface area contributed by atoms with E-state index in [4.69, 9.17) is 0 Å². The van der Waals surface area contributed by atoms with E-state index < -0.39 is 14.6 Å². The Labute approximate surface area is 146 Å². The topological polar surface area (TPSA) is 70.6 Å². The highest BCUT2D eigenvalue weighted by molar-refractivity contribution is 7.99. The number of guanidine groups is 1. The van der Waals surface area contributed by atoms with Crippen molar-refractivity contribution in [3.8, 4) is 0 Å². The molecule has 5 nitrogen and oxygen atoms in total. The van der Waals surface area contributed by atoms with Crippen LogP contribution in [0.25, 0.3) is 0 Å². The van der Waals surface area contributed by atoms with Gasteiger partial charge in [0.1, 0.15) is 0 Å². The number of hydrogen-bond donors (Lipinski definition) is 2. The van der Waals surface area contributed by atoms with Crippen LogP contribution in [0.4, 0.5) is 0 Å². The van der Waals surface area contributed by atoms with Crippen LogP contribution in [0.2, 0.25) is 0 Å². The van der Waals surface area contributed by atoms with E-state index >= 15 is 0 Å². The third kappa shape index (κ3) is 6.91. The molecule has 2 unspecified atom stereocenters. The third-order valence-corrected chi connectivity index (χ3v) is 7.85. The van der Waals surface area contributed by atoms with Crippen LogP contribution < -0.4 is 10.6 Å². The normalized spacial score (nSPS) is 23.1. The van der Waals surface area contributed by atoms with Gasteiger partial charge in [-0.05, 0) is 52.7 Å². The first-order valence-corrected chi connectivity index (χ1v) is 11.3. The molecule has 1 aliphatic rings. The van der Waals surface area contributed by atoms with E-state index in [1.165, 1.54) is 6.42 Å². The van der Waals surface area contributed by atoms with Crippen LogP contribution in [0.1, 0.15) is 53.9 Å². The molecule has 0 aromatic rings. The van der Waals surface area contributed by atoms with E-state index in [1.807, 2.05) is 18.7 Å². The summed E-state index contributed by atoms with van der Waals surface area (Å²) >= 11 is 2.03. The minimum absolute atomic E-state index is 0.0893. The van der Waals surface area contributed by atoms with Gasteiger partial charge in [0.15, 0.2) is 15.8 Å². The van der Waals surface area contributed by atoms with Gasteiger partial charge in [0.25, 0.3) is 0 Å². The van der Waals surface area contributed by atoms with Gasteiger partial charge in [-0.15, -0.1) is 0 Å². The summed E-state index contributed by atoms with van der Waals surface area (Å²) in [5.74, 6) is 1.99. The van der Waals surface area contributed by atoms with Gasteiger partial charge in [-0.2, -0.15) is 11.8 Å². The highest BCUT2D eigenvalue weighted by atomic mass is 32.2. The van der Waals surface area contributed by atoms with Crippen LogP contribution in [0, 0.1) is 0 Å². The Morgan fingerprint density at radius 3 is 2.52 bits per heavy atom. The fourth-order valence-electron chi connectivity index (χ4n) is 2.56. The quantitative estimate of drug-likeness (QED) is 0.537. The van der Waals surface area contributed by atoms with Crippen molar-refractivity contribution in [2.45, 2.75) is 69.9 Å². The van der Waals surface area contributed by atoms with Gasteiger partial charge >= 0.3 is 0 Å². The molecule has 0 aliphatic heterocycles. The molecule has 1 saturated carbocycles. The SMILES string of the molecule is CCNC(=NCCS(=O)(=O)C(C)(C)C)NC1CCC(SCC)C1. The second-order valence-electron chi connectivity index (χ2n) is 6.92. The summed E-state index contributed by atoms with van der Waals surface area (Å²) in [6, 6.07) is 0.441. The first-order chi connectivity index (χ1) is 10.7. The first-order valence-electron chi connectivity index (χ1n) is 8.58. The maximum atomic E-state index is 12.1. The minimum Gasteiger partial charge on any atom is -0.357 e. The number of nitrogens with zero attached hydrogens (tertiary/aromatic N) is 1. The molecular weight excluding hydrogens is 330 g/mol. The standard InChI is InChI=1S/C16H33N3O2S2/c1-6-17-15(18-10-11-23(20,21)16(3,4)5)19-13-8-9-14(12-13)22-7-2/h13-14H,6-12H2,1-5H3,(H2,17,18,19). The summed E-state index contributed by atoms with van der Waals surface area (Å²) in [6.45, 7) is 10.5. The Hall–Kier alpha value is -0.430. The van der Waals surface area contributed by atoms with E-state index in [0.717, 1.165) is 36.3 Å². The Kier molecular flexibility index (Phi) is 8.21. The van der Waals surface area contributed by atoms with Crippen molar-refractivity contribution in [1.29, 1.82) is 0 Å². The van der Waals surface area contributed by atoms with Gasteiger partial charge in [-0.3, -0.25) is 4.99 Å². The van der Waals surface area contributed by atoms with Gasteiger partial charge in [0, 0.05) is 17.8 Å². The fourth-order valence-corrected chi connectivity index (χ4v) is 4.64. The number of aliphatic imine (C=N–C) groups is 1. The second-order valence-corrected chi connectivity index (χ2v) is 11.4. The van der Waals surface area contributed by atoms with E-state index in [1.54, 1.807) is 20.8 Å². The molecule has 23 heavy (non-hydrogen) atoms. The van der Waals surface area contributed by atoms with Gasteiger partial charge in [0.2, 0.25) is 0 Å². The second kappa shape index (κ2) is 9.16. The molecule has 0 saturated heterocycles. The van der Waals surface area contributed by atoms with Crippen molar-refractivity contribution in [2.24, 2.45) is 4.99 Å². The highest BCUT2D eigenvalue weighted by Crippen LogP contribution is 2.29. The predicted octanol–water partition coefficient (Wildman–Crippen LogP) is 2.43. The number of hydrogen-bond acceptors (Lipinski definition) is 4. The van der Waals surface area contributed by atoms with Gasteiger partial charge in [0.05, 0.1) is 17.0 Å². The lowest BCUT2D eigenvalue weighted by molar-refractivity contribution is 0.560. The lowest BCUT2D eigenvalue weighted by atomic mass is 10.2. The predicted molar refractivity (Wildman–Crippen MR) is 102 cm³/mol. The molecule has 0 aromatic heterocycles. The summed E-state index contributed by atoms with van der Waals surface area (Å²) in [5.41, 5.74) is 0. The maximum absolute atomic E-state index is 12.1. The number of sulfone groups is 1. The Morgan fingerprint density at radius 2 is 1.96 bits per heavy atom. The summed E-state index contributed by atoms with van der Waals surface area (Å²) in [6.07, 6.45) is 3.56. The highest BCUT2D eigenvalue weighted by Gasteiger charge is 2.28. The molecule has 2 N–H and O–H groups in total. The monoisotopic (exact) mass is 363 g/mol. The fraction of sp³-hybridized carbons (Fsp3) is 0.938. The number of rotatable bonds is 7. The van der Waals surface area contributed by atoms with Crippen molar-refractivity contribution in [3.63, 3.8) is 0 Å². The zero-order valence-electron chi connectivity index (χ0n) is 15.2. The van der Waals surface area contributed by atoms with Crippen molar-refractivity contribution in [1.82, 2.24) is 10.6 Å². The molecule has 7 heteroatoms. The summed E-state index contributed by atoms with van der Waals surface area (Å²) in [5, 5.41) is 7.42. The van der Waals surface area contributed by atoms with Crippen molar-refractivity contribution in [2.75, 3.05) is 24.6 Å². The number of thioether (sulfide) groups is 1. The lowest BCUT2D eigenvalue weighted by Gasteiger charge is -2.19. The van der Waals surface area contributed by atoms with E-state index in [9.17, 15) is 8.42 Å².